The SMILES string of the molecule is CS(=O)(=O)c1cccc(OC(=O)Nc2ccccc2)c1. The van der Waals surface area contributed by atoms with Gasteiger partial charge in [-0.2, -0.15) is 0 Å². The summed E-state index contributed by atoms with van der Waals surface area (Å²) in [4.78, 5) is 11.8. The van der Waals surface area contributed by atoms with Gasteiger partial charge in [0.2, 0.25) is 0 Å². The van der Waals surface area contributed by atoms with E-state index in [-0.39, 0.29) is 10.6 Å². The summed E-state index contributed by atoms with van der Waals surface area (Å²) in [5, 5.41) is 2.54. The maximum Gasteiger partial charge on any atom is 0.417 e. The van der Waals surface area contributed by atoms with Gasteiger partial charge in [0.1, 0.15) is 5.75 Å². The average molecular weight is 291 g/mol. The van der Waals surface area contributed by atoms with Crippen LogP contribution in [0.25, 0.3) is 0 Å². The lowest BCUT2D eigenvalue weighted by Gasteiger charge is -2.07. The number of ether oxygens (including phenoxy) is 1. The molecule has 0 aliphatic carbocycles. The van der Waals surface area contributed by atoms with Crippen LogP contribution in [0.15, 0.2) is 59.5 Å². The Balaban J connectivity index is 2.09. The Labute approximate surface area is 117 Å². The molecule has 0 atom stereocenters. The van der Waals surface area contributed by atoms with Gasteiger partial charge in [-0.3, -0.25) is 5.32 Å². The standard InChI is InChI=1S/C14H13NO4S/c1-20(17,18)13-9-5-8-12(10-13)19-14(16)15-11-6-3-2-4-7-11/h2-10H,1H3,(H,15,16). The van der Waals surface area contributed by atoms with E-state index in [1.54, 1.807) is 24.3 Å². The predicted octanol–water partition coefficient (Wildman–Crippen LogP) is 2.70. The Morgan fingerprint density at radius 3 is 2.40 bits per heavy atom. The number of nitrogens with one attached hydrogen (secondary N) is 1. The number of para-hydroxylation sites is 1. The first-order chi connectivity index (χ1) is 9.45. The fourth-order valence-electron chi connectivity index (χ4n) is 1.54. The van der Waals surface area contributed by atoms with E-state index in [9.17, 15) is 13.2 Å². The van der Waals surface area contributed by atoms with Gasteiger partial charge in [0, 0.05) is 11.9 Å². The van der Waals surface area contributed by atoms with Crippen molar-refractivity contribution in [1.29, 1.82) is 0 Å². The molecule has 0 saturated carbocycles. The number of carbonyl (C=O) groups is 1. The Bertz CT molecular complexity index is 711. The average Bonchev–Trinajstić information content (AvgIpc) is 2.39. The second kappa shape index (κ2) is 5.75. The van der Waals surface area contributed by atoms with Crippen molar-refractivity contribution < 1.29 is 17.9 Å². The fourth-order valence-corrected chi connectivity index (χ4v) is 2.20. The summed E-state index contributed by atoms with van der Waals surface area (Å²) in [5.74, 6) is 0.168. The molecule has 5 nitrogen and oxygen atoms in total. The maximum atomic E-state index is 11.7. The summed E-state index contributed by atoms with van der Waals surface area (Å²) in [6.07, 6.45) is 0.415. The van der Waals surface area contributed by atoms with Gasteiger partial charge < -0.3 is 4.74 Å². The molecule has 0 heterocycles. The molecule has 1 N–H and O–H groups in total. The van der Waals surface area contributed by atoms with Crippen molar-refractivity contribution >= 4 is 21.6 Å². The number of rotatable bonds is 3. The van der Waals surface area contributed by atoms with E-state index in [0.717, 1.165) is 6.26 Å². The second-order valence-corrected chi connectivity index (χ2v) is 6.14. The molecule has 0 spiro atoms. The summed E-state index contributed by atoms with van der Waals surface area (Å²) < 4.78 is 27.9. The molecule has 20 heavy (non-hydrogen) atoms. The van der Waals surface area contributed by atoms with Gasteiger partial charge in [0.05, 0.1) is 4.90 Å². The third-order valence-electron chi connectivity index (χ3n) is 2.46. The first-order valence-corrected chi connectivity index (χ1v) is 7.68. The van der Waals surface area contributed by atoms with Crippen LogP contribution in [-0.2, 0) is 9.84 Å². The lowest BCUT2D eigenvalue weighted by atomic mass is 10.3. The normalized spacial score (nSPS) is 10.8. The van der Waals surface area contributed by atoms with E-state index in [0.29, 0.717) is 5.69 Å². The topological polar surface area (TPSA) is 72.5 Å². The molecule has 2 rings (SSSR count). The number of carbonyl (C=O) groups excluding carboxylic acids is 1. The summed E-state index contributed by atoms with van der Waals surface area (Å²) in [6.45, 7) is 0. The van der Waals surface area contributed by atoms with Crippen molar-refractivity contribution in [3.05, 3.63) is 54.6 Å². The molecule has 2 aromatic carbocycles. The molecule has 0 aliphatic heterocycles. The largest absolute Gasteiger partial charge is 0.417 e. The Hall–Kier alpha value is -2.34. The van der Waals surface area contributed by atoms with E-state index < -0.39 is 15.9 Å². The zero-order valence-electron chi connectivity index (χ0n) is 10.7. The first kappa shape index (κ1) is 14.1. The maximum absolute atomic E-state index is 11.7. The van der Waals surface area contributed by atoms with E-state index >= 15 is 0 Å². The predicted molar refractivity (Wildman–Crippen MR) is 75.6 cm³/mol. The molecule has 6 heteroatoms. The summed E-state index contributed by atoms with van der Waals surface area (Å²) in [6, 6.07) is 14.6. The van der Waals surface area contributed by atoms with Gasteiger partial charge >= 0.3 is 6.09 Å². The third-order valence-corrected chi connectivity index (χ3v) is 3.57. The number of amides is 1. The highest BCUT2D eigenvalue weighted by Gasteiger charge is 2.10. The first-order valence-electron chi connectivity index (χ1n) is 5.79. The van der Waals surface area contributed by atoms with Crippen molar-refractivity contribution in [1.82, 2.24) is 0 Å². The molecule has 2 aromatic rings. The lowest BCUT2D eigenvalue weighted by molar-refractivity contribution is 0.215. The molecular formula is C14H13NO4S. The molecule has 104 valence electrons. The minimum absolute atomic E-state index is 0.0995. The smallest absolute Gasteiger partial charge is 0.410 e. The van der Waals surface area contributed by atoms with Gasteiger partial charge in [-0.25, -0.2) is 13.2 Å². The van der Waals surface area contributed by atoms with E-state index in [1.807, 2.05) is 6.07 Å². The minimum atomic E-state index is -3.33. The van der Waals surface area contributed by atoms with Crippen LogP contribution in [-0.4, -0.2) is 20.8 Å². The monoisotopic (exact) mass is 291 g/mol. The number of anilines is 1. The quantitative estimate of drug-likeness (QED) is 0.943. The van der Waals surface area contributed by atoms with E-state index in [1.165, 1.54) is 24.3 Å². The highest BCUT2D eigenvalue weighted by Crippen LogP contribution is 2.18. The summed E-state index contributed by atoms with van der Waals surface area (Å²) in [7, 11) is -3.33. The fraction of sp³-hybridized carbons (Fsp3) is 0.0714. The summed E-state index contributed by atoms with van der Waals surface area (Å²) >= 11 is 0. The zero-order chi connectivity index (χ0) is 14.6. The van der Waals surface area contributed by atoms with Crippen LogP contribution in [0.1, 0.15) is 0 Å². The van der Waals surface area contributed by atoms with E-state index in [2.05, 4.69) is 5.32 Å². The van der Waals surface area contributed by atoms with Crippen LogP contribution in [0, 0.1) is 0 Å². The highest BCUT2D eigenvalue weighted by molar-refractivity contribution is 7.90. The van der Waals surface area contributed by atoms with Crippen LogP contribution in [0.2, 0.25) is 0 Å². The van der Waals surface area contributed by atoms with E-state index in [4.69, 9.17) is 4.74 Å². The Morgan fingerprint density at radius 2 is 1.75 bits per heavy atom. The zero-order valence-corrected chi connectivity index (χ0v) is 11.6. The molecule has 0 aliphatic rings. The Kier molecular flexibility index (Phi) is 4.05. The van der Waals surface area contributed by atoms with Crippen molar-refractivity contribution in [2.75, 3.05) is 11.6 Å². The third kappa shape index (κ3) is 3.83. The molecule has 0 radical (unpaired) electrons. The molecule has 0 saturated heterocycles. The highest BCUT2D eigenvalue weighted by atomic mass is 32.2. The van der Waals surface area contributed by atoms with Gasteiger partial charge in [-0.15, -0.1) is 0 Å². The van der Waals surface area contributed by atoms with Crippen molar-refractivity contribution in [2.45, 2.75) is 4.90 Å². The molecule has 0 bridgehead atoms. The molecular weight excluding hydrogens is 278 g/mol. The van der Waals surface area contributed by atoms with Gasteiger partial charge in [-0.1, -0.05) is 24.3 Å². The van der Waals surface area contributed by atoms with Gasteiger partial charge in [-0.05, 0) is 30.3 Å². The molecule has 0 unspecified atom stereocenters. The van der Waals surface area contributed by atoms with Gasteiger partial charge in [0.15, 0.2) is 9.84 Å². The Morgan fingerprint density at radius 1 is 1.05 bits per heavy atom. The van der Waals surface area contributed by atoms with Crippen molar-refractivity contribution in [3.8, 4) is 5.75 Å². The number of sulfone groups is 1. The van der Waals surface area contributed by atoms with Crippen LogP contribution in [0.5, 0.6) is 5.75 Å². The molecule has 0 aromatic heterocycles. The lowest BCUT2D eigenvalue weighted by Crippen LogP contribution is -2.16. The van der Waals surface area contributed by atoms with Crippen LogP contribution in [0.3, 0.4) is 0 Å². The second-order valence-electron chi connectivity index (χ2n) is 4.13. The summed E-state index contributed by atoms with van der Waals surface area (Å²) in [5.41, 5.74) is 0.594. The minimum Gasteiger partial charge on any atom is -0.410 e. The van der Waals surface area contributed by atoms with Crippen LogP contribution in [0.4, 0.5) is 10.5 Å². The number of benzene rings is 2. The van der Waals surface area contributed by atoms with Crippen molar-refractivity contribution in [2.24, 2.45) is 0 Å². The van der Waals surface area contributed by atoms with Gasteiger partial charge in [0.25, 0.3) is 0 Å². The molecule has 0 fully saturated rings. The number of hydrogen-bond acceptors (Lipinski definition) is 4. The van der Waals surface area contributed by atoms with Crippen LogP contribution < -0.4 is 10.1 Å². The molecule has 1 amide bonds. The number of hydrogen-bond donors (Lipinski definition) is 1. The van der Waals surface area contributed by atoms with Crippen molar-refractivity contribution in [3.63, 3.8) is 0 Å². The van der Waals surface area contributed by atoms with Crippen LogP contribution >= 0.6 is 0 Å².